The van der Waals surface area contributed by atoms with Crippen molar-refractivity contribution in [3.63, 3.8) is 0 Å². The van der Waals surface area contributed by atoms with Crippen LogP contribution in [0.2, 0.25) is 5.02 Å². The Morgan fingerprint density at radius 2 is 2.04 bits per heavy atom. The van der Waals surface area contributed by atoms with Gasteiger partial charge in [0.1, 0.15) is 5.82 Å². The van der Waals surface area contributed by atoms with Gasteiger partial charge in [0.05, 0.1) is 27.2 Å². The van der Waals surface area contributed by atoms with Crippen molar-refractivity contribution in [2.24, 2.45) is 5.92 Å². The monoisotopic (exact) mass is 344 g/mol. The number of anilines is 1. The summed E-state index contributed by atoms with van der Waals surface area (Å²) in [6, 6.07) is 9.30. The summed E-state index contributed by atoms with van der Waals surface area (Å²) < 4.78 is 14.3. The van der Waals surface area contributed by atoms with Crippen LogP contribution in [0.4, 0.5) is 15.8 Å². The lowest BCUT2D eigenvalue weighted by molar-refractivity contribution is -0.385. The molecule has 0 radical (unpaired) electrons. The number of nitrogens with zero attached hydrogens (tertiary/aromatic N) is 1. The Balaban J connectivity index is 1.90. The number of halogens is 2. The van der Waals surface area contributed by atoms with Gasteiger partial charge in [-0.05, 0) is 24.5 Å². The van der Waals surface area contributed by atoms with Gasteiger partial charge in [-0.25, -0.2) is 4.39 Å². The number of nitro groups is 1. The van der Waals surface area contributed by atoms with Gasteiger partial charge in [-0.3, -0.25) is 10.1 Å². The quantitative estimate of drug-likeness (QED) is 0.462. The Morgan fingerprint density at radius 3 is 2.79 bits per heavy atom. The fourth-order valence-electron chi connectivity index (χ4n) is 3.85. The molecule has 0 saturated carbocycles. The molecule has 0 fully saturated rings. The van der Waals surface area contributed by atoms with E-state index in [0.717, 1.165) is 6.42 Å². The molecule has 4 rings (SSSR count). The van der Waals surface area contributed by atoms with Gasteiger partial charge in [0.15, 0.2) is 0 Å². The van der Waals surface area contributed by atoms with E-state index in [1.807, 2.05) is 12.2 Å². The molecular weight excluding hydrogens is 331 g/mol. The lowest BCUT2D eigenvalue weighted by Gasteiger charge is -2.37. The Bertz CT molecular complexity index is 868. The van der Waals surface area contributed by atoms with Crippen LogP contribution >= 0.6 is 11.6 Å². The number of rotatable bonds is 2. The van der Waals surface area contributed by atoms with E-state index < -0.39 is 0 Å². The van der Waals surface area contributed by atoms with Crippen LogP contribution in [0.5, 0.6) is 0 Å². The molecule has 0 spiro atoms. The second-order valence-corrected chi connectivity index (χ2v) is 6.52. The Morgan fingerprint density at radius 1 is 1.25 bits per heavy atom. The third kappa shape index (κ3) is 2.19. The van der Waals surface area contributed by atoms with Crippen LogP contribution in [0.25, 0.3) is 0 Å². The molecule has 1 N–H and O–H groups in total. The molecule has 0 saturated heterocycles. The maximum Gasteiger partial charge on any atom is 0.275 e. The van der Waals surface area contributed by atoms with Crippen molar-refractivity contribution in [1.29, 1.82) is 0 Å². The standard InChI is InChI=1S/C18H14ClFN2O2/c19-13-8-9-15(22(23)24)16-10-5-3-6-11(10)17(21-18(13)16)12-4-1-2-7-14(12)20/h1-5,7-11,17,21H,6H2/t10-,11+,17-/m1/s1. The van der Waals surface area contributed by atoms with Gasteiger partial charge in [0, 0.05) is 17.5 Å². The van der Waals surface area contributed by atoms with E-state index in [4.69, 9.17) is 11.6 Å². The molecule has 4 nitrogen and oxygen atoms in total. The second kappa shape index (κ2) is 5.60. The Labute approximate surface area is 143 Å². The predicted molar refractivity (Wildman–Crippen MR) is 90.9 cm³/mol. The number of nitrogens with one attached hydrogen (secondary N) is 1. The first-order chi connectivity index (χ1) is 11.6. The first-order valence-corrected chi connectivity index (χ1v) is 8.10. The highest BCUT2D eigenvalue weighted by atomic mass is 35.5. The molecule has 0 unspecified atom stereocenters. The summed E-state index contributed by atoms with van der Waals surface area (Å²) in [5.41, 5.74) is 1.74. The summed E-state index contributed by atoms with van der Waals surface area (Å²) in [7, 11) is 0. The summed E-state index contributed by atoms with van der Waals surface area (Å²) in [6.07, 6.45) is 4.71. The van der Waals surface area contributed by atoms with E-state index in [9.17, 15) is 14.5 Å². The van der Waals surface area contributed by atoms with Gasteiger partial charge in [-0.15, -0.1) is 0 Å². The van der Waals surface area contributed by atoms with Crippen molar-refractivity contribution in [3.8, 4) is 0 Å². The van der Waals surface area contributed by atoms with Crippen LogP contribution in [-0.2, 0) is 0 Å². The van der Waals surface area contributed by atoms with E-state index in [1.54, 1.807) is 18.2 Å². The molecule has 122 valence electrons. The topological polar surface area (TPSA) is 55.2 Å². The molecule has 1 aliphatic carbocycles. The average molecular weight is 345 g/mol. The number of fused-ring (bicyclic) bond motifs is 3. The van der Waals surface area contributed by atoms with Crippen LogP contribution in [0.15, 0.2) is 48.6 Å². The summed E-state index contributed by atoms with van der Waals surface area (Å²) in [4.78, 5) is 11.0. The minimum absolute atomic E-state index is 0.0200. The minimum atomic E-state index is -0.385. The first kappa shape index (κ1) is 15.1. The molecule has 24 heavy (non-hydrogen) atoms. The minimum Gasteiger partial charge on any atom is -0.376 e. The van der Waals surface area contributed by atoms with Crippen LogP contribution in [-0.4, -0.2) is 4.92 Å². The molecule has 0 bridgehead atoms. The largest absolute Gasteiger partial charge is 0.376 e. The zero-order valence-electron chi connectivity index (χ0n) is 12.6. The first-order valence-electron chi connectivity index (χ1n) is 7.72. The third-order valence-corrected chi connectivity index (χ3v) is 5.20. The van der Waals surface area contributed by atoms with Crippen LogP contribution in [0, 0.1) is 21.8 Å². The molecule has 2 aromatic rings. The molecule has 6 heteroatoms. The van der Waals surface area contributed by atoms with Gasteiger partial charge >= 0.3 is 0 Å². The highest BCUT2D eigenvalue weighted by molar-refractivity contribution is 6.33. The lowest BCUT2D eigenvalue weighted by atomic mass is 9.76. The van der Waals surface area contributed by atoms with E-state index in [0.29, 0.717) is 21.8 Å². The van der Waals surface area contributed by atoms with Gasteiger partial charge in [0.2, 0.25) is 0 Å². The van der Waals surface area contributed by atoms with Gasteiger partial charge in [-0.1, -0.05) is 42.0 Å². The third-order valence-electron chi connectivity index (χ3n) is 4.88. The van der Waals surface area contributed by atoms with Crippen LogP contribution < -0.4 is 5.32 Å². The zero-order chi connectivity index (χ0) is 16.8. The number of nitro benzene ring substituents is 1. The maximum atomic E-state index is 14.3. The molecule has 1 heterocycles. The van der Waals surface area contributed by atoms with E-state index in [1.165, 1.54) is 18.2 Å². The van der Waals surface area contributed by atoms with Crippen molar-refractivity contribution < 1.29 is 9.31 Å². The summed E-state index contributed by atoms with van der Waals surface area (Å²) in [5, 5.41) is 15.1. The Hall–Kier alpha value is -2.40. The average Bonchev–Trinajstić information content (AvgIpc) is 3.05. The number of allylic oxidation sites excluding steroid dienone is 2. The molecule has 2 aliphatic rings. The zero-order valence-corrected chi connectivity index (χ0v) is 13.3. The van der Waals surface area contributed by atoms with Crippen molar-refractivity contribution >= 4 is 23.0 Å². The molecular formula is C18H14ClFN2O2. The number of hydrogen-bond donors (Lipinski definition) is 1. The van der Waals surface area contributed by atoms with E-state index >= 15 is 0 Å². The Kier molecular flexibility index (Phi) is 3.53. The van der Waals surface area contributed by atoms with Gasteiger partial charge < -0.3 is 5.32 Å². The highest BCUT2D eigenvalue weighted by Crippen LogP contribution is 2.54. The number of benzene rings is 2. The predicted octanol–water partition coefficient (Wildman–Crippen LogP) is 5.21. The highest BCUT2D eigenvalue weighted by Gasteiger charge is 2.43. The van der Waals surface area contributed by atoms with Crippen LogP contribution in [0.3, 0.4) is 0 Å². The van der Waals surface area contributed by atoms with Gasteiger partial charge in [0.25, 0.3) is 5.69 Å². The summed E-state index contributed by atoms with van der Waals surface area (Å²) in [6.45, 7) is 0. The maximum absolute atomic E-state index is 14.3. The summed E-state index contributed by atoms with van der Waals surface area (Å²) in [5.74, 6) is -0.415. The van der Waals surface area contributed by atoms with Crippen molar-refractivity contribution in [2.75, 3.05) is 5.32 Å². The van der Waals surface area contributed by atoms with Crippen molar-refractivity contribution in [3.05, 3.63) is 80.6 Å². The lowest BCUT2D eigenvalue weighted by Crippen LogP contribution is -2.30. The molecule has 0 amide bonds. The SMILES string of the molecule is O=[N+]([O-])c1ccc(Cl)c2c1[C@@H]1C=CC[C@@H]1[C@H](c1ccccc1F)N2. The normalized spacial score (nSPS) is 24.2. The van der Waals surface area contributed by atoms with E-state index in [-0.39, 0.29) is 34.3 Å². The van der Waals surface area contributed by atoms with Crippen LogP contribution in [0.1, 0.15) is 29.5 Å². The molecule has 0 aromatic heterocycles. The summed E-state index contributed by atoms with van der Waals surface area (Å²) >= 11 is 6.30. The number of hydrogen-bond acceptors (Lipinski definition) is 3. The fraction of sp³-hybridized carbons (Fsp3) is 0.222. The molecule has 3 atom stereocenters. The molecule has 1 aliphatic heterocycles. The van der Waals surface area contributed by atoms with E-state index in [2.05, 4.69) is 5.32 Å². The smallest absolute Gasteiger partial charge is 0.275 e. The molecule has 2 aromatic carbocycles. The van der Waals surface area contributed by atoms with Gasteiger partial charge in [-0.2, -0.15) is 0 Å². The van der Waals surface area contributed by atoms with Crippen molar-refractivity contribution in [1.82, 2.24) is 0 Å². The van der Waals surface area contributed by atoms with Crippen molar-refractivity contribution in [2.45, 2.75) is 18.4 Å². The second-order valence-electron chi connectivity index (χ2n) is 6.11. The fourth-order valence-corrected chi connectivity index (χ4v) is 4.07.